The summed E-state index contributed by atoms with van der Waals surface area (Å²) in [5.41, 5.74) is 3.16. The number of aliphatic hydroxyl groups excluding tert-OH is 1. The summed E-state index contributed by atoms with van der Waals surface area (Å²) in [5.74, 6) is -0.546. The van der Waals surface area contributed by atoms with Crippen LogP contribution in [0.2, 0.25) is 0 Å². The number of hydrogen-bond acceptors (Lipinski definition) is 12. The maximum absolute atomic E-state index is 14.4. The molecule has 0 spiro atoms. The average Bonchev–Trinajstić information content (AvgIpc) is 3.54. The van der Waals surface area contributed by atoms with Gasteiger partial charge in [-0.15, -0.1) is 0 Å². The molecule has 3 heterocycles. The van der Waals surface area contributed by atoms with Crippen LogP contribution in [0.1, 0.15) is 52.2 Å². The number of imidazole rings is 1. The monoisotopic (exact) mass is 656 g/mol. The minimum atomic E-state index is -4.38. The fourth-order valence-electron chi connectivity index (χ4n) is 5.90. The number of carbonyl (C=O) groups excluding carboxylic acids is 1. The van der Waals surface area contributed by atoms with Gasteiger partial charge in [0, 0.05) is 5.39 Å². The van der Waals surface area contributed by atoms with E-state index < -0.39 is 56.0 Å². The van der Waals surface area contributed by atoms with Crippen molar-refractivity contribution in [3.8, 4) is 5.75 Å². The van der Waals surface area contributed by atoms with Gasteiger partial charge in [0.25, 0.3) is 5.56 Å². The van der Waals surface area contributed by atoms with Crippen LogP contribution in [0.25, 0.3) is 21.9 Å². The van der Waals surface area contributed by atoms with Crippen LogP contribution in [0, 0.1) is 0 Å². The fraction of sp³-hybridized carbons (Fsp3) is 0.467. The SMILES string of the molecule is C[C@H](NP(=O)(OC[C@H]1O[C@@H](n2cnc3c(=O)[nH]c(N)nc32)[C@](C)(O)[C@@H]1O)Oc1cccc2ccccc12)C(=O)OC1CCCCC1. The molecule has 2 aromatic carbocycles. The van der Waals surface area contributed by atoms with E-state index in [1.165, 1.54) is 24.7 Å². The van der Waals surface area contributed by atoms with Crippen LogP contribution in [-0.2, 0) is 23.4 Å². The quantitative estimate of drug-likeness (QED) is 0.123. The Labute approximate surface area is 263 Å². The molecule has 0 bridgehead atoms. The third kappa shape index (κ3) is 6.39. The van der Waals surface area contributed by atoms with Gasteiger partial charge in [-0.3, -0.25) is 23.7 Å². The van der Waals surface area contributed by atoms with E-state index in [-0.39, 0.29) is 29.0 Å². The number of rotatable bonds is 10. The molecule has 1 aliphatic heterocycles. The summed E-state index contributed by atoms with van der Waals surface area (Å²) in [7, 11) is -4.38. The number of anilines is 1. The first-order valence-corrected chi connectivity index (χ1v) is 16.7. The van der Waals surface area contributed by atoms with E-state index in [1.54, 1.807) is 24.3 Å². The van der Waals surface area contributed by atoms with E-state index in [9.17, 15) is 24.4 Å². The Bertz CT molecular complexity index is 1830. The zero-order chi connectivity index (χ0) is 32.6. The number of nitrogens with two attached hydrogens (primary N) is 1. The Hall–Kier alpha value is -3.85. The predicted octanol–water partition coefficient (Wildman–Crippen LogP) is 2.92. The maximum Gasteiger partial charge on any atom is 0.459 e. The summed E-state index contributed by atoms with van der Waals surface area (Å²) < 4.78 is 39.2. The molecule has 15 nitrogen and oxygen atoms in total. The molecule has 2 aromatic heterocycles. The van der Waals surface area contributed by atoms with Crippen molar-refractivity contribution in [1.29, 1.82) is 0 Å². The molecule has 1 aliphatic carbocycles. The van der Waals surface area contributed by atoms with Crippen LogP contribution < -0.4 is 20.9 Å². The Morgan fingerprint density at radius 2 is 1.98 bits per heavy atom. The van der Waals surface area contributed by atoms with Crippen molar-refractivity contribution >= 4 is 41.6 Å². The molecular formula is C30H37N6O9P. The molecule has 6 rings (SSSR count). The molecule has 6 atom stereocenters. The van der Waals surface area contributed by atoms with Gasteiger partial charge in [0.15, 0.2) is 17.4 Å². The molecule has 1 saturated carbocycles. The number of carbonyl (C=O) groups is 1. The third-order valence-electron chi connectivity index (χ3n) is 8.38. The minimum absolute atomic E-state index is 0.0252. The van der Waals surface area contributed by atoms with Crippen molar-refractivity contribution in [3.63, 3.8) is 0 Å². The van der Waals surface area contributed by atoms with E-state index in [2.05, 4.69) is 20.0 Å². The Morgan fingerprint density at radius 1 is 1.24 bits per heavy atom. The Morgan fingerprint density at radius 3 is 2.76 bits per heavy atom. The molecule has 246 valence electrons. The standard InChI is InChI=1S/C30H37N6O9P/c1-17(27(39)43-19-11-4-3-5-12-19)35-46(41,45-21-14-8-10-18-9-6-7-13-20(18)21)42-15-22-24(37)30(2,40)28(44-22)36-16-32-23-25(36)33-29(31)34-26(23)38/h6-10,13-14,16-17,19,22,24,28,37,40H,3-5,11-12,15H2,1-2H3,(H,35,41)(H3,31,33,34,38)/t17-,22+,24+,28+,30+,46?/m0/s1. The lowest BCUT2D eigenvalue weighted by atomic mass is 9.96. The average molecular weight is 657 g/mol. The first-order valence-electron chi connectivity index (χ1n) is 15.1. The van der Waals surface area contributed by atoms with Gasteiger partial charge in [-0.2, -0.15) is 10.1 Å². The normalized spacial score (nSPS) is 25.8. The predicted molar refractivity (Wildman–Crippen MR) is 167 cm³/mol. The van der Waals surface area contributed by atoms with Crippen LogP contribution in [0.4, 0.5) is 5.95 Å². The van der Waals surface area contributed by atoms with Gasteiger partial charge in [-0.05, 0) is 51.0 Å². The number of ether oxygens (including phenoxy) is 2. The summed E-state index contributed by atoms with van der Waals surface area (Å²) in [6, 6.07) is 11.5. The highest BCUT2D eigenvalue weighted by Crippen LogP contribution is 2.48. The van der Waals surface area contributed by atoms with Crippen LogP contribution in [0.3, 0.4) is 0 Å². The molecule has 46 heavy (non-hydrogen) atoms. The van der Waals surface area contributed by atoms with Gasteiger partial charge in [0.1, 0.15) is 35.7 Å². The summed E-state index contributed by atoms with van der Waals surface area (Å²) in [4.78, 5) is 35.8. The number of esters is 1. The van der Waals surface area contributed by atoms with Gasteiger partial charge in [-0.1, -0.05) is 42.8 Å². The van der Waals surface area contributed by atoms with E-state index in [0.29, 0.717) is 5.39 Å². The number of aromatic nitrogens is 4. The molecule has 6 N–H and O–H groups in total. The van der Waals surface area contributed by atoms with E-state index in [1.807, 2.05) is 18.2 Å². The van der Waals surface area contributed by atoms with Crippen molar-refractivity contribution in [3.05, 3.63) is 59.1 Å². The zero-order valence-electron chi connectivity index (χ0n) is 25.4. The molecule has 4 aromatic rings. The summed E-state index contributed by atoms with van der Waals surface area (Å²) in [6.45, 7) is 2.30. The van der Waals surface area contributed by atoms with Crippen molar-refractivity contribution in [2.45, 2.75) is 82.1 Å². The number of nitrogens with one attached hydrogen (secondary N) is 2. The highest BCUT2D eigenvalue weighted by molar-refractivity contribution is 7.52. The number of H-pyrrole nitrogens is 1. The van der Waals surface area contributed by atoms with Crippen LogP contribution in [-0.4, -0.2) is 72.3 Å². The second-order valence-corrected chi connectivity index (χ2v) is 13.6. The lowest BCUT2D eigenvalue weighted by Gasteiger charge is -2.28. The van der Waals surface area contributed by atoms with Gasteiger partial charge < -0.3 is 29.9 Å². The summed E-state index contributed by atoms with van der Waals surface area (Å²) in [5, 5.41) is 26.6. The van der Waals surface area contributed by atoms with E-state index >= 15 is 0 Å². The van der Waals surface area contributed by atoms with Gasteiger partial charge in [0.05, 0.1) is 12.9 Å². The largest absolute Gasteiger partial charge is 0.461 e. The number of benzene rings is 2. The Balaban J connectivity index is 1.24. The van der Waals surface area contributed by atoms with Crippen LogP contribution >= 0.6 is 7.75 Å². The van der Waals surface area contributed by atoms with Gasteiger partial charge in [-0.25, -0.2) is 9.55 Å². The smallest absolute Gasteiger partial charge is 0.459 e. The maximum atomic E-state index is 14.4. The van der Waals surface area contributed by atoms with Crippen molar-refractivity contribution < 1.29 is 38.1 Å². The van der Waals surface area contributed by atoms with Gasteiger partial charge >= 0.3 is 13.7 Å². The summed E-state index contributed by atoms with van der Waals surface area (Å²) in [6.07, 6.45) is 1.48. The van der Waals surface area contributed by atoms with E-state index in [0.717, 1.165) is 37.5 Å². The number of nitrogen functional groups attached to an aromatic ring is 1. The molecule has 0 amide bonds. The topological polar surface area (TPSA) is 213 Å². The first kappa shape index (κ1) is 32.1. The highest BCUT2D eigenvalue weighted by atomic mass is 31.2. The fourth-order valence-corrected chi connectivity index (χ4v) is 7.42. The highest BCUT2D eigenvalue weighted by Gasteiger charge is 2.54. The molecule has 2 aliphatic rings. The lowest BCUT2D eigenvalue weighted by molar-refractivity contribution is -0.152. The molecule has 2 fully saturated rings. The number of fused-ring (bicyclic) bond motifs is 2. The number of aliphatic hydroxyl groups is 2. The van der Waals surface area contributed by atoms with Gasteiger partial charge in [0.2, 0.25) is 5.95 Å². The second kappa shape index (κ2) is 12.7. The molecule has 0 radical (unpaired) electrons. The molecule has 1 saturated heterocycles. The molecule has 16 heteroatoms. The van der Waals surface area contributed by atoms with Crippen molar-refractivity contribution in [2.24, 2.45) is 0 Å². The first-order chi connectivity index (χ1) is 21.9. The lowest BCUT2D eigenvalue weighted by Crippen LogP contribution is -2.44. The summed E-state index contributed by atoms with van der Waals surface area (Å²) >= 11 is 0. The van der Waals surface area contributed by atoms with Crippen LogP contribution in [0.5, 0.6) is 5.75 Å². The second-order valence-electron chi connectivity index (χ2n) is 11.9. The van der Waals surface area contributed by atoms with Crippen LogP contribution in [0.15, 0.2) is 53.6 Å². The van der Waals surface area contributed by atoms with Crippen molar-refractivity contribution in [1.82, 2.24) is 24.6 Å². The number of nitrogens with zero attached hydrogens (tertiary/aromatic N) is 3. The third-order valence-corrected chi connectivity index (χ3v) is 10.0. The minimum Gasteiger partial charge on any atom is -0.461 e. The zero-order valence-corrected chi connectivity index (χ0v) is 26.3. The number of hydrogen-bond donors (Lipinski definition) is 5. The van der Waals surface area contributed by atoms with Crippen molar-refractivity contribution in [2.75, 3.05) is 12.3 Å². The Kier molecular flexibility index (Phi) is 8.89. The molecular weight excluding hydrogens is 619 g/mol. The van der Waals surface area contributed by atoms with E-state index in [4.69, 9.17) is 24.3 Å². The molecule has 1 unspecified atom stereocenters. The number of aromatic amines is 1.